The first-order valence-electron chi connectivity index (χ1n) is 7.34. The van der Waals surface area contributed by atoms with Crippen molar-refractivity contribution in [1.29, 1.82) is 0 Å². The first kappa shape index (κ1) is 17.9. The van der Waals surface area contributed by atoms with Crippen molar-refractivity contribution in [2.45, 2.75) is 38.6 Å². The van der Waals surface area contributed by atoms with Gasteiger partial charge in [-0.1, -0.05) is 13.8 Å². The van der Waals surface area contributed by atoms with Crippen LogP contribution in [0.3, 0.4) is 0 Å². The molecule has 6 heteroatoms. The van der Waals surface area contributed by atoms with Crippen LogP contribution in [0.5, 0.6) is 0 Å². The Morgan fingerprint density at radius 2 is 1.76 bits per heavy atom. The number of anilines is 1. The molecule has 1 rings (SSSR count). The Balaban J connectivity index is 2.83. The lowest BCUT2D eigenvalue weighted by molar-refractivity contribution is 0.116. The summed E-state index contributed by atoms with van der Waals surface area (Å²) in [4.78, 5) is 0.270. The predicted molar refractivity (Wildman–Crippen MR) is 86.0 cm³/mol. The molecular formula is C15H26N2O3S. The summed E-state index contributed by atoms with van der Waals surface area (Å²) in [5.74, 6) is 0.160. The Labute approximate surface area is 128 Å². The maximum atomic E-state index is 12.4. The van der Waals surface area contributed by atoms with E-state index in [0.29, 0.717) is 13.2 Å². The van der Waals surface area contributed by atoms with E-state index in [-0.39, 0.29) is 16.9 Å². The number of hydrogen-bond acceptors (Lipinski definition) is 4. The second-order valence-corrected chi connectivity index (χ2v) is 6.90. The van der Waals surface area contributed by atoms with Crippen LogP contribution >= 0.6 is 0 Å². The van der Waals surface area contributed by atoms with Gasteiger partial charge in [0.2, 0.25) is 10.0 Å². The van der Waals surface area contributed by atoms with Crippen LogP contribution in [-0.4, -0.2) is 34.2 Å². The van der Waals surface area contributed by atoms with Gasteiger partial charge < -0.3 is 10.1 Å². The molecule has 1 atom stereocenters. The monoisotopic (exact) mass is 314 g/mol. The molecule has 0 aromatic heterocycles. The third kappa shape index (κ3) is 5.65. The van der Waals surface area contributed by atoms with Crippen LogP contribution in [0, 0.1) is 5.92 Å². The largest absolute Gasteiger partial charge is 0.385 e. The van der Waals surface area contributed by atoms with Crippen LogP contribution in [-0.2, 0) is 14.8 Å². The Bertz CT molecular complexity index is 512. The van der Waals surface area contributed by atoms with E-state index in [1.54, 1.807) is 24.3 Å². The second-order valence-electron chi connectivity index (χ2n) is 5.19. The number of nitrogens with one attached hydrogen (secondary N) is 2. The lowest BCUT2D eigenvalue weighted by Gasteiger charge is -2.22. The van der Waals surface area contributed by atoms with Gasteiger partial charge in [-0.25, -0.2) is 13.1 Å². The molecule has 0 saturated carbocycles. The summed E-state index contributed by atoms with van der Waals surface area (Å²) in [5, 5.41) is 3.14. The quantitative estimate of drug-likeness (QED) is 0.735. The smallest absolute Gasteiger partial charge is 0.240 e. The molecule has 1 aromatic rings. The minimum Gasteiger partial charge on any atom is -0.385 e. The van der Waals surface area contributed by atoms with E-state index < -0.39 is 10.0 Å². The molecule has 0 aliphatic carbocycles. The van der Waals surface area contributed by atoms with Gasteiger partial charge >= 0.3 is 0 Å². The Hall–Kier alpha value is -1.11. The van der Waals surface area contributed by atoms with Crippen molar-refractivity contribution in [3.8, 4) is 0 Å². The molecule has 1 unspecified atom stereocenters. The Morgan fingerprint density at radius 1 is 1.14 bits per heavy atom. The van der Waals surface area contributed by atoms with Crippen LogP contribution in [0.1, 0.15) is 27.7 Å². The highest BCUT2D eigenvalue weighted by Crippen LogP contribution is 2.15. The summed E-state index contributed by atoms with van der Waals surface area (Å²) in [6.45, 7) is 9.58. The maximum absolute atomic E-state index is 12.4. The zero-order chi connectivity index (χ0) is 15.9. The fraction of sp³-hybridized carbons (Fsp3) is 0.600. The van der Waals surface area contributed by atoms with Crippen molar-refractivity contribution in [3.05, 3.63) is 24.3 Å². The highest BCUT2D eigenvalue weighted by molar-refractivity contribution is 7.89. The fourth-order valence-electron chi connectivity index (χ4n) is 1.83. The highest BCUT2D eigenvalue weighted by Gasteiger charge is 2.22. The molecule has 2 N–H and O–H groups in total. The lowest BCUT2D eigenvalue weighted by atomic mass is 10.1. The molecule has 1 aromatic carbocycles. The van der Waals surface area contributed by atoms with E-state index in [1.807, 2.05) is 27.7 Å². The maximum Gasteiger partial charge on any atom is 0.240 e. The van der Waals surface area contributed by atoms with E-state index in [2.05, 4.69) is 10.0 Å². The Morgan fingerprint density at radius 3 is 2.24 bits per heavy atom. The van der Waals surface area contributed by atoms with Crippen molar-refractivity contribution in [1.82, 2.24) is 4.72 Å². The molecule has 0 radical (unpaired) electrons. The number of sulfonamides is 1. The van der Waals surface area contributed by atoms with Gasteiger partial charge in [0.05, 0.1) is 11.5 Å². The molecule has 120 valence electrons. The van der Waals surface area contributed by atoms with Crippen LogP contribution in [0.4, 0.5) is 5.69 Å². The standard InChI is InChI=1S/C15H26N2O3S/c1-5-16-13-7-9-14(10-8-13)21(18,19)17-15(12(3)4)11-20-6-2/h7-10,12,15-17H,5-6,11H2,1-4H3. The van der Waals surface area contributed by atoms with E-state index in [1.165, 1.54) is 0 Å². The molecule has 0 heterocycles. The summed E-state index contributed by atoms with van der Waals surface area (Å²) in [6, 6.07) is 6.52. The molecule has 0 saturated heterocycles. The summed E-state index contributed by atoms with van der Waals surface area (Å²) in [5.41, 5.74) is 0.908. The van der Waals surface area contributed by atoms with Crippen LogP contribution in [0.25, 0.3) is 0 Å². The van der Waals surface area contributed by atoms with Crippen molar-refractivity contribution in [2.75, 3.05) is 25.1 Å². The van der Waals surface area contributed by atoms with Gasteiger partial charge in [-0.2, -0.15) is 0 Å². The molecular weight excluding hydrogens is 288 g/mol. The number of hydrogen-bond donors (Lipinski definition) is 2. The van der Waals surface area contributed by atoms with Crippen molar-refractivity contribution in [2.24, 2.45) is 5.92 Å². The molecule has 0 fully saturated rings. The van der Waals surface area contributed by atoms with Gasteiger partial charge in [0, 0.05) is 24.9 Å². The Kier molecular flexibility index (Phi) is 7.14. The average molecular weight is 314 g/mol. The average Bonchev–Trinajstić information content (AvgIpc) is 2.44. The highest BCUT2D eigenvalue weighted by atomic mass is 32.2. The number of ether oxygens (including phenoxy) is 1. The first-order valence-corrected chi connectivity index (χ1v) is 8.83. The summed E-state index contributed by atoms with van der Waals surface area (Å²) in [7, 11) is -3.52. The normalized spacial score (nSPS) is 13.4. The summed E-state index contributed by atoms with van der Waals surface area (Å²) < 4.78 is 32.9. The molecule has 0 spiro atoms. The third-order valence-corrected chi connectivity index (χ3v) is 4.66. The molecule has 0 amide bonds. The first-order chi connectivity index (χ1) is 9.90. The SMILES string of the molecule is CCNc1ccc(S(=O)(=O)NC(COCC)C(C)C)cc1. The molecule has 5 nitrogen and oxygen atoms in total. The van der Waals surface area contributed by atoms with E-state index in [0.717, 1.165) is 12.2 Å². The van der Waals surface area contributed by atoms with Gasteiger partial charge in [0.25, 0.3) is 0 Å². The fourth-order valence-corrected chi connectivity index (χ4v) is 3.20. The second kappa shape index (κ2) is 8.36. The van der Waals surface area contributed by atoms with Crippen molar-refractivity contribution >= 4 is 15.7 Å². The molecule has 21 heavy (non-hydrogen) atoms. The zero-order valence-electron chi connectivity index (χ0n) is 13.2. The molecule has 0 aliphatic heterocycles. The summed E-state index contributed by atoms with van der Waals surface area (Å²) in [6.07, 6.45) is 0. The summed E-state index contributed by atoms with van der Waals surface area (Å²) >= 11 is 0. The third-order valence-electron chi connectivity index (χ3n) is 3.16. The van der Waals surface area contributed by atoms with Crippen LogP contribution in [0.15, 0.2) is 29.2 Å². The van der Waals surface area contributed by atoms with Gasteiger partial charge in [-0.3, -0.25) is 0 Å². The number of benzene rings is 1. The van der Waals surface area contributed by atoms with Gasteiger partial charge in [-0.05, 0) is 44.0 Å². The van der Waals surface area contributed by atoms with Crippen LogP contribution in [0.2, 0.25) is 0 Å². The van der Waals surface area contributed by atoms with Crippen molar-refractivity contribution in [3.63, 3.8) is 0 Å². The minimum absolute atomic E-state index is 0.160. The predicted octanol–water partition coefficient (Wildman–Crippen LogP) is 2.46. The topological polar surface area (TPSA) is 67.4 Å². The van der Waals surface area contributed by atoms with E-state index in [9.17, 15) is 8.42 Å². The lowest BCUT2D eigenvalue weighted by Crippen LogP contribution is -2.41. The van der Waals surface area contributed by atoms with Crippen molar-refractivity contribution < 1.29 is 13.2 Å². The minimum atomic E-state index is -3.52. The zero-order valence-corrected chi connectivity index (χ0v) is 14.0. The molecule has 0 bridgehead atoms. The van der Waals surface area contributed by atoms with Crippen LogP contribution < -0.4 is 10.0 Å². The van der Waals surface area contributed by atoms with Gasteiger partial charge in [-0.15, -0.1) is 0 Å². The van der Waals surface area contributed by atoms with Gasteiger partial charge in [0.1, 0.15) is 0 Å². The molecule has 0 aliphatic rings. The van der Waals surface area contributed by atoms with Gasteiger partial charge in [0.15, 0.2) is 0 Å². The van der Waals surface area contributed by atoms with E-state index >= 15 is 0 Å². The van der Waals surface area contributed by atoms with E-state index in [4.69, 9.17) is 4.74 Å². The number of rotatable bonds is 9.